The van der Waals surface area contributed by atoms with Crippen molar-refractivity contribution in [2.45, 2.75) is 31.9 Å². The summed E-state index contributed by atoms with van der Waals surface area (Å²) in [5, 5.41) is 25.9. The van der Waals surface area contributed by atoms with Gasteiger partial charge >= 0.3 is 5.97 Å². The molecule has 0 bridgehead atoms. The van der Waals surface area contributed by atoms with Crippen molar-refractivity contribution in [3.05, 3.63) is 46.8 Å². The molecule has 1 aromatic heterocycles. The minimum atomic E-state index is -1.02. The monoisotopic (exact) mass is 273 g/mol. The second-order valence-electron chi connectivity index (χ2n) is 5.03. The molecule has 0 amide bonds. The molecule has 0 aliphatic heterocycles. The summed E-state index contributed by atoms with van der Waals surface area (Å²) in [4.78, 5) is 11.2. The van der Waals surface area contributed by atoms with Gasteiger partial charge in [-0.3, -0.25) is 0 Å². The van der Waals surface area contributed by atoms with Gasteiger partial charge < -0.3 is 10.2 Å². The van der Waals surface area contributed by atoms with Crippen LogP contribution in [0.5, 0.6) is 0 Å². The van der Waals surface area contributed by atoms with Crippen molar-refractivity contribution >= 4 is 5.97 Å². The summed E-state index contributed by atoms with van der Waals surface area (Å²) in [6.07, 6.45) is 1.99. The van der Waals surface area contributed by atoms with Gasteiger partial charge in [-0.1, -0.05) is 29.5 Å². The van der Waals surface area contributed by atoms with Gasteiger partial charge in [0.05, 0.1) is 18.8 Å². The maximum absolute atomic E-state index is 11.2. The van der Waals surface area contributed by atoms with E-state index in [0.29, 0.717) is 6.54 Å². The second kappa shape index (κ2) is 5.05. The van der Waals surface area contributed by atoms with E-state index in [1.807, 2.05) is 24.3 Å². The van der Waals surface area contributed by atoms with Gasteiger partial charge in [0, 0.05) is 5.92 Å². The number of hydrogen-bond donors (Lipinski definition) is 2. The normalized spacial score (nSPS) is 14.4. The lowest BCUT2D eigenvalue weighted by molar-refractivity contribution is 0.0689. The Balaban J connectivity index is 1.88. The Labute approximate surface area is 115 Å². The Kier molecular flexibility index (Phi) is 3.23. The van der Waals surface area contributed by atoms with Crippen LogP contribution < -0.4 is 0 Å². The first-order valence-electron chi connectivity index (χ1n) is 6.54. The molecule has 0 unspecified atom stereocenters. The van der Waals surface area contributed by atoms with E-state index in [-0.39, 0.29) is 18.2 Å². The van der Waals surface area contributed by atoms with Crippen LogP contribution in [0.25, 0.3) is 0 Å². The lowest BCUT2D eigenvalue weighted by atomic mass is 10.1. The molecule has 1 aliphatic carbocycles. The molecule has 0 atom stereocenters. The molecule has 6 heteroatoms. The summed E-state index contributed by atoms with van der Waals surface area (Å²) < 4.78 is 1.68. The van der Waals surface area contributed by atoms with Gasteiger partial charge in [-0.25, -0.2) is 9.48 Å². The highest BCUT2D eigenvalue weighted by Crippen LogP contribution is 2.41. The third kappa shape index (κ3) is 2.42. The van der Waals surface area contributed by atoms with E-state index in [9.17, 15) is 4.79 Å². The zero-order chi connectivity index (χ0) is 14.1. The topological polar surface area (TPSA) is 88.2 Å². The lowest BCUT2D eigenvalue weighted by Gasteiger charge is -2.06. The lowest BCUT2D eigenvalue weighted by Crippen LogP contribution is -2.08. The Morgan fingerprint density at radius 2 is 1.90 bits per heavy atom. The molecule has 0 saturated heterocycles. The molecule has 1 saturated carbocycles. The number of aliphatic hydroxyl groups excluding tert-OH is 1. The Morgan fingerprint density at radius 1 is 1.25 bits per heavy atom. The number of benzene rings is 1. The Morgan fingerprint density at radius 3 is 2.45 bits per heavy atom. The van der Waals surface area contributed by atoms with Crippen LogP contribution >= 0.6 is 0 Å². The maximum atomic E-state index is 11.2. The molecule has 1 aromatic carbocycles. The van der Waals surface area contributed by atoms with Crippen molar-refractivity contribution in [2.24, 2.45) is 0 Å². The summed E-state index contributed by atoms with van der Waals surface area (Å²) in [6.45, 7) is 0.512. The predicted octanol–water partition coefficient (Wildman–Crippen LogP) is 1.39. The molecule has 3 rings (SSSR count). The second-order valence-corrected chi connectivity index (χ2v) is 5.03. The summed E-state index contributed by atoms with van der Waals surface area (Å²) in [6, 6.07) is 7.51. The molecule has 2 aromatic rings. The molecule has 0 radical (unpaired) electrons. The molecule has 104 valence electrons. The van der Waals surface area contributed by atoms with Crippen molar-refractivity contribution in [3.63, 3.8) is 0 Å². The van der Waals surface area contributed by atoms with Crippen molar-refractivity contribution in [2.75, 3.05) is 0 Å². The van der Waals surface area contributed by atoms with Gasteiger partial charge in [-0.15, -0.1) is 5.10 Å². The number of carboxylic acids is 1. The summed E-state index contributed by atoms with van der Waals surface area (Å²) >= 11 is 0. The van der Waals surface area contributed by atoms with Gasteiger partial charge in [0.1, 0.15) is 0 Å². The van der Waals surface area contributed by atoms with E-state index in [1.54, 1.807) is 4.68 Å². The molecule has 2 N–H and O–H groups in total. The first-order chi connectivity index (χ1) is 9.69. The molecule has 6 nitrogen and oxygen atoms in total. The Hall–Kier alpha value is -2.21. The fourth-order valence-corrected chi connectivity index (χ4v) is 2.27. The Bertz CT molecular complexity index is 630. The predicted molar refractivity (Wildman–Crippen MR) is 70.4 cm³/mol. The largest absolute Gasteiger partial charge is 0.476 e. The van der Waals surface area contributed by atoms with Crippen LogP contribution in [0.4, 0.5) is 0 Å². The summed E-state index contributed by atoms with van der Waals surface area (Å²) in [7, 11) is 0. The molecular formula is C14H15N3O3. The molecule has 20 heavy (non-hydrogen) atoms. The van der Waals surface area contributed by atoms with Crippen LogP contribution in [0.1, 0.15) is 46.1 Å². The van der Waals surface area contributed by atoms with Crippen LogP contribution in [0.3, 0.4) is 0 Å². The zero-order valence-electron chi connectivity index (χ0n) is 10.9. The van der Waals surface area contributed by atoms with Crippen LogP contribution in [0, 0.1) is 0 Å². The standard InChI is InChI=1S/C14H15N3O3/c18-8-10-3-1-9(2-4-10)7-17-13(11-5-6-11)12(14(19)20)15-16-17/h1-4,11,18H,5-8H2,(H,19,20). The molecule has 1 aliphatic rings. The quantitative estimate of drug-likeness (QED) is 0.859. The minimum absolute atomic E-state index is 0.0140. The third-order valence-corrected chi connectivity index (χ3v) is 3.48. The summed E-state index contributed by atoms with van der Waals surface area (Å²) in [5.74, 6) is -0.749. The zero-order valence-corrected chi connectivity index (χ0v) is 10.9. The highest BCUT2D eigenvalue weighted by Gasteiger charge is 2.33. The molecular weight excluding hydrogens is 258 g/mol. The molecule has 0 spiro atoms. The molecule has 1 heterocycles. The average molecular weight is 273 g/mol. The van der Waals surface area contributed by atoms with E-state index in [1.165, 1.54) is 0 Å². The highest BCUT2D eigenvalue weighted by atomic mass is 16.4. The minimum Gasteiger partial charge on any atom is -0.476 e. The first kappa shape index (κ1) is 12.8. The van der Waals surface area contributed by atoms with Crippen molar-refractivity contribution in [1.29, 1.82) is 0 Å². The first-order valence-corrected chi connectivity index (χ1v) is 6.54. The number of hydrogen-bond acceptors (Lipinski definition) is 4. The van der Waals surface area contributed by atoms with Gasteiger partial charge in [-0.05, 0) is 24.0 Å². The number of carboxylic acid groups (broad SMARTS) is 1. The number of aromatic nitrogens is 3. The van der Waals surface area contributed by atoms with E-state index >= 15 is 0 Å². The van der Waals surface area contributed by atoms with Gasteiger partial charge in [0.25, 0.3) is 0 Å². The van der Waals surface area contributed by atoms with Gasteiger partial charge in [-0.2, -0.15) is 0 Å². The van der Waals surface area contributed by atoms with Crippen LogP contribution in [0.2, 0.25) is 0 Å². The summed E-state index contributed by atoms with van der Waals surface area (Å²) in [5.41, 5.74) is 2.65. The third-order valence-electron chi connectivity index (χ3n) is 3.48. The number of aromatic carboxylic acids is 1. The van der Waals surface area contributed by atoms with Crippen LogP contribution in [-0.2, 0) is 13.2 Å². The number of nitrogens with zero attached hydrogens (tertiary/aromatic N) is 3. The van der Waals surface area contributed by atoms with Gasteiger partial charge in [0.2, 0.25) is 0 Å². The highest BCUT2D eigenvalue weighted by molar-refractivity contribution is 5.86. The maximum Gasteiger partial charge on any atom is 0.358 e. The van der Waals surface area contributed by atoms with Crippen molar-refractivity contribution < 1.29 is 15.0 Å². The van der Waals surface area contributed by atoms with Crippen LogP contribution in [-0.4, -0.2) is 31.2 Å². The van der Waals surface area contributed by atoms with Crippen LogP contribution in [0.15, 0.2) is 24.3 Å². The van der Waals surface area contributed by atoms with E-state index < -0.39 is 5.97 Å². The van der Waals surface area contributed by atoms with E-state index in [0.717, 1.165) is 29.7 Å². The number of carbonyl (C=O) groups is 1. The average Bonchev–Trinajstić information content (AvgIpc) is 3.20. The number of rotatable bonds is 5. The van der Waals surface area contributed by atoms with Gasteiger partial charge in [0.15, 0.2) is 5.69 Å². The SMILES string of the molecule is O=C(O)c1nnn(Cc2ccc(CO)cc2)c1C1CC1. The van der Waals surface area contributed by atoms with Crippen molar-refractivity contribution in [1.82, 2.24) is 15.0 Å². The number of aliphatic hydroxyl groups is 1. The fourth-order valence-electron chi connectivity index (χ4n) is 2.27. The smallest absolute Gasteiger partial charge is 0.358 e. The molecule has 1 fully saturated rings. The van der Waals surface area contributed by atoms with E-state index in [2.05, 4.69) is 10.3 Å². The fraction of sp³-hybridized carbons (Fsp3) is 0.357. The van der Waals surface area contributed by atoms with E-state index in [4.69, 9.17) is 10.2 Å². The van der Waals surface area contributed by atoms with Crippen molar-refractivity contribution in [3.8, 4) is 0 Å².